The van der Waals surface area contributed by atoms with Crippen molar-refractivity contribution >= 4 is 5.71 Å². The summed E-state index contributed by atoms with van der Waals surface area (Å²) in [6, 6.07) is 0. The van der Waals surface area contributed by atoms with Crippen molar-refractivity contribution in [3.63, 3.8) is 0 Å². The minimum Gasteiger partial charge on any atom is -0.362 e. The molecule has 80 valence electrons. The molecule has 1 aliphatic heterocycles. The SMILES string of the molecule is CC1=NOC(CC(C)C(C)C)=CC1C. The average molecular weight is 195 g/mol. The Bertz CT molecular complexity index is 253. The van der Waals surface area contributed by atoms with Crippen molar-refractivity contribution in [2.45, 2.75) is 41.0 Å². The molecule has 0 saturated carbocycles. The lowest BCUT2D eigenvalue weighted by Crippen LogP contribution is -2.13. The Labute approximate surface area is 87.0 Å². The highest BCUT2D eigenvalue weighted by Gasteiger charge is 2.16. The summed E-state index contributed by atoms with van der Waals surface area (Å²) in [5.74, 6) is 2.81. The summed E-state index contributed by atoms with van der Waals surface area (Å²) in [5.41, 5.74) is 1.06. The monoisotopic (exact) mass is 195 g/mol. The number of oxime groups is 1. The van der Waals surface area contributed by atoms with E-state index in [-0.39, 0.29) is 0 Å². The molecule has 0 aromatic heterocycles. The third-order valence-corrected chi connectivity index (χ3v) is 3.06. The van der Waals surface area contributed by atoms with E-state index in [0.29, 0.717) is 17.8 Å². The zero-order valence-electron chi connectivity index (χ0n) is 9.87. The molecule has 0 radical (unpaired) electrons. The summed E-state index contributed by atoms with van der Waals surface area (Å²) in [6.45, 7) is 10.9. The van der Waals surface area contributed by atoms with E-state index in [1.807, 2.05) is 6.92 Å². The lowest BCUT2D eigenvalue weighted by Gasteiger charge is -2.20. The molecule has 2 unspecified atom stereocenters. The van der Waals surface area contributed by atoms with E-state index in [0.717, 1.165) is 17.9 Å². The van der Waals surface area contributed by atoms with Gasteiger partial charge in [0.1, 0.15) is 5.76 Å². The molecule has 0 amide bonds. The van der Waals surface area contributed by atoms with Crippen molar-refractivity contribution in [3.8, 4) is 0 Å². The Morgan fingerprint density at radius 1 is 1.43 bits per heavy atom. The van der Waals surface area contributed by atoms with Crippen molar-refractivity contribution in [1.82, 2.24) is 0 Å². The van der Waals surface area contributed by atoms with Crippen molar-refractivity contribution in [3.05, 3.63) is 11.8 Å². The second-order valence-electron chi connectivity index (χ2n) is 4.67. The van der Waals surface area contributed by atoms with E-state index in [4.69, 9.17) is 4.84 Å². The first-order valence-electron chi connectivity index (χ1n) is 5.43. The molecule has 0 spiro atoms. The molecule has 2 nitrogen and oxygen atoms in total. The molecule has 2 heteroatoms. The molecule has 0 aromatic rings. The minimum atomic E-state index is 0.429. The van der Waals surface area contributed by atoms with E-state index >= 15 is 0 Å². The average Bonchev–Trinajstić information content (AvgIpc) is 2.11. The van der Waals surface area contributed by atoms with Crippen LogP contribution in [-0.2, 0) is 4.84 Å². The van der Waals surface area contributed by atoms with Gasteiger partial charge in [0, 0.05) is 12.3 Å². The van der Waals surface area contributed by atoms with Gasteiger partial charge in [-0.05, 0) is 24.8 Å². The highest BCUT2D eigenvalue weighted by molar-refractivity contribution is 5.85. The van der Waals surface area contributed by atoms with Crippen LogP contribution in [0, 0.1) is 17.8 Å². The van der Waals surface area contributed by atoms with E-state index in [9.17, 15) is 0 Å². The van der Waals surface area contributed by atoms with Gasteiger partial charge in [-0.3, -0.25) is 0 Å². The molecule has 0 saturated heterocycles. The second-order valence-corrected chi connectivity index (χ2v) is 4.67. The van der Waals surface area contributed by atoms with Gasteiger partial charge in [-0.2, -0.15) is 0 Å². The summed E-state index contributed by atoms with van der Waals surface area (Å²) in [5, 5.41) is 4.05. The molecular formula is C12H21NO. The molecule has 0 N–H and O–H groups in total. The molecule has 14 heavy (non-hydrogen) atoms. The first kappa shape index (κ1) is 11.3. The van der Waals surface area contributed by atoms with Crippen LogP contribution in [0.15, 0.2) is 17.0 Å². The molecule has 1 rings (SSSR count). The highest BCUT2D eigenvalue weighted by atomic mass is 16.6. The molecule has 1 aliphatic rings. The van der Waals surface area contributed by atoms with Gasteiger partial charge in [0.15, 0.2) is 0 Å². The predicted molar refractivity (Wildman–Crippen MR) is 60.1 cm³/mol. The van der Waals surface area contributed by atoms with Gasteiger partial charge in [-0.25, -0.2) is 0 Å². The molecule has 1 heterocycles. The minimum absolute atomic E-state index is 0.429. The summed E-state index contributed by atoms with van der Waals surface area (Å²) in [4.78, 5) is 5.33. The Hall–Kier alpha value is -0.790. The van der Waals surface area contributed by atoms with Gasteiger partial charge in [0.05, 0.1) is 5.71 Å². The quantitative estimate of drug-likeness (QED) is 0.674. The molecular weight excluding hydrogens is 174 g/mol. The molecule has 0 bridgehead atoms. The summed E-state index contributed by atoms with van der Waals surface area (Å²) in [7, 11) is 0. The third-order valence-electron chi connectivity index (χ3n) is 3.06. The van der Waals surface area contributed by atoms with Crippen LogP contribution in [0.3, 0.4) is 0 Å². The Balaban J connectivity index is 2.52. The van der Waals surface area contributed by atoms with Crippen LogP contribution in [-0.4, -0.2) is 5.71 Å². The normalized spacial score (nSPS) is 24.0. The first-order chi connectivity index (χ1) is 6.50. The van der Waals surface area contributed by atoms with Crippen LogP contribution < -0.4 is 0 Å². The predicted octanol–water partition coefficient (Wildman–Crippen LogP) is 3.59. The van der Waals surface area contributed by atoms with Gasteiger partial charge in [0.2, 0.25) is 0 Å². The van der Waals surface area contributed by atoms with Gasteiger partial charge in [-0.15, -0.1) is 0 Å². The smallest absolute Gasteiger partial charge is 0.132 e. The van der Waals surface area contributed by atoms with Crippen molar-refractivity contribution in [1.29, 1.82) is 0 Å². The van der Waals surface area contributed by atoms with Crippen molar-refractivity contribution in [2.75, 3.05) is 0 Å². The number of nitrogens with zero attached hydrogens (tertiary/aromatic N) is 1. The van der Waals surface area contributed by atoms with Gasteiger partial charge in [-0.1, -0.05) is 32.9 Å². The lowest BCUT2D eigenvalue weighted by molar-refractivity contribution is 0.188. The standard InChI is InChI=1S/C12H21NO/c1-8(2)9(3)6-12-7-10(4)11(5)13-14-12/h7-10H,6H2,1-5H3. The fourth-order valence-corrected chi connectivity index (χ4v) is 1.30. The summed E-state index contributed by atoms with van der Waals surface area (Å²) < 4.78 is 0. The summed E-state index contributed by atoms with van der Waals surface area (Å²) >= 11 is 0. The molecule has 0 aliphatic carbocycles. The van der Waals surface area contributed by atoms with Crippen molar-refractivity contribution in [2.24, 2.45) is 22.9 Å². The van der Waals surface area contributed by atoms with Gasteiger partial charge in [0.25, 0.3) is 0 Å². The van der Waals surface area contributed by atoms with E-state index < -0.39 is 0 Å². The zero-order chi connectivity index (χ0) is 10.7. The van der Waals surface area contributed by atoms with Crippen LogP contribution in [0.5, 0.6) is 0 Å². The fourth-order valence-electron chi connectivity index (χ4n) is 1.30. The largest absolute Gasteiger partial charge is 0.362 e. The molecule has 0 aromatic carbocycles. The van der Waals surface area contributed by atoms with E-state index in [2.05, 4.69) is 38.9 Å². The third kappa shape index (κ3) is 2.86. The molecule has 0 fully saturated rings. The van der Waals surface area contributed by atoms with Crippen LogP contribution in [0.1, 0.15) is 41.0 Å². The number of allylic oxidation sites excluding steroid dienone is 2. The number of hydrogen-bond acceptors (Lipinski definition) is 2. The van der Waals surface area contributed by atoms with E-state index in [1.54, 1.807) is 0 Å². The van der Waals surface area contributed by atoms with Crippen LogP contribution in [0.4, 0.5) is 0 Å². The highest BCUT2D eigenvalue weighted by Crippen LogP contribution is 2.24. The number of rotatable bonds is 3. The maximum atomic E-state index is 5.33. The van der Waals surface area contributed by atoms with Crippen molar-refractivity contribution < 1.29 is 4.84 Å². The van der Waals surface area contributed by atoms with Gasteiger partial charge < -0.3 is 4.84 Å². The van der Waals surface area contributed by atoms with Crippen LogP contribution in [0.2, 0.25) is 0 Å². The summed E-state index contributed by atoms with van der Waals surface area (Å²) in [6.07, 6.45) is 3.18. The first-order valence-corrected chi connectivity index (χ1v) is 5.43. The second kappa shape index (κ2) is 4.63. The van der Waals surface area contributed by atoms with Gasteiger partial charge >= 0.3 is 0 Å². The Kier molecular flexibility index (Phi) is 3.73. The number of hydrogen-bond donors (Lipinski definition) is 0. The van der Waals surface area contributed by atoms with Crippen LogP contribution >= 0.6 is 0 Å². The lowest BCUT2D eigenvalue weighted by atomic mass is 9.92. The van der Waals surface area contributed by atoms with Crippen LogP contribution in [0.25, 0.3) is 0 Å². The Morgan fingerprint density at radius 2 is 2.07 bits per heavy atom. The fraction of sp³-hybridized carbons (Fsp3) is 0.750. The maximum Gasteiger partial charge on any atom is 0.132 e. The maximum absolute atomic E-state index is 5.33. The Morgan fingerprint density at radius 3 is 2.57 bits per heavy atom. The van der Waals surface area contributed by atoms with E-state index in [1.165, 1.54) is 0 Å². The zero-order valence-corrected chi connectivity index (χ0v) is 9.87. The molecule has 2 atom stereocenters. The topological polar surface area (TPSA) is 21.6 Å².